The summed E-state index contributed by atoms with van der Waals surface area (Å²) in [5.41, 5.74) is -0.824. The molecule has 0 radical (unpaired) electrons. The highest BCUT2D eigenvalue weighted by Gasteiger charge is 2.29. The minimum Gasteiger partial charge on any atom is -0.459 e. The van der Waals surface area contributed by atoms with Crippen LogP contribution in [0.15, 0.2) is 4.79 Å². The summed E-state index contributed by atoms with van der Waals surface area (Å²) in [5, 5.41) is 9.18. The van der Waals surface area contributed by atoms with E-state index in [0.29, 0.717) is 12.4 Å². The first-order valence-corrected chi connectivity index (χ1v) is 5.47. The fourth-order valence-electron chi connectivity index (χ4n) is 1.67. The van der Waals surface area contributed by atoms with Gasteiger partial charge in [0.05, 0.1) is 13.1 Å². The zero-order chi connectivity index (χ0) is 12.6. The van der Waals surface area contributed by atoms with E-state index in [0.717, 1.165) is 0 Å². The number of hydrogen-bond acceptors (Lipinski definition) is 5. The summed E-state index contributed by atoms with van der Waals surface area (Å²) >= 11 is 0. The molecule has 0 spiro atoms. The molecule has 0 saturated heterocycles. The lowest BCUT2D eigenvalue weighted by atomic mass is 10.2. The molecule has 1 atom stereocenters. The van der Waals surface area contributed by atoms with Crippen LogP contribution in [0, 0.1) is 0 Å². The summed E-state index contributed by atoms with van der Waals surface area (Å²) in [6.07, 6.45) is 0. The minimum atomic E-state index is -0.527. The fourth-order valence-corrected chi connectivity index (χ4v) is 1.67. The number of fused-ring (bicyclic) bond motifs is 1. The number of nitrogens with zero attached hydrogens (tertiary/aromatic N) is 2. The van der Waals surface area contributed by atoms with E-state index in [1.807, 2.05) is 20.8 Å². The van der Waals surface area contributed by atoms with Crippen LogP contribution >= 0.6 is 0 Å². The molecule has 7 heteroatoms. The number of ether oxygens (including phenoxy) is 1. The van der Waals surface area contributed by atoms with Gasteiger partial charge in [-0.25, -0.2) is 9.89 Å². The lowest BCUT2D eigenvalue weighted by Crippen LogP contribution is -2.48. The van der Waals surface area contributed by atoms with Crippen LogP contribution in [0.4, 0.5) is 0 Å². The van der Waals surface area contributed by atoms with Gasteiger partial charge in [-0.3, -0.25) is 14.7 Å². The molecule has 1 aromatic heterocycles. The highest BCUT2D eigenvalue weighted by Crippen LogP contribution is 2.11. The minimum absolute atomic E-state index is 0.250. The molecule has 2 N–H and O–H groups in total. The molecule has 0 saturated carbocycles. The molecule has 0 bridgehead atoms. The van der Waals surface area contributed by atoms with Gasteiger partial charge >= 0.3 is 11.7 Å². The normalized spacial score (nSPS) is 19.8. The number of rotatable bonds is 1. The lowest BCUT2D eigenvalue weighted by Gasteiger charge is -2.27. The van der Waals surface area contributed by atoms with Crippen LogP contribution in [-0.4, -0.2) is 32.4 Å². The average Bonchev–Trinajstić information content (AvgIpc) is 2.57. The van der Waals surface area contributed by atoms with Gasteiger partial charge in [-0.2, -0.15) is 5.10 Å². The maximum absolute atomic E-state index is 11.8. The first-order valence-electron chi connectivity index (χ1n) is 5.47. The predicted molar refractivity (Wildman–Crippen MR) is 59.3 cm³/mol. The fraction of sp³-hybridized carbons (Fsp3) is 0.700. The third-order valence-corrected chi connectivity index (χ3v) is 2.40. The number of carbonyl (C=O) groups is 1. The van der Waals surface area contributed by atoms with Gasteiger partial charge in [0.1, 0.15) is 17.5 Å². The molecule has 17 heavy (non-hydrogen) atoms. The molecule has 0 amide bonds. The van der Waals surface area contributed by atoms with E-state index in [2.05, 4.69) is 15.5 Å². The van der Waals surface area contributed by atoms with E-state index in [9.17, 15) is 9.59 Å². The Morgan fingerprint density at radius 2 is 2.24 bits per heavy atom. The topological polar surface area (TPSA) is 89.0 Å². The second-order valence-corrected chi connectivity index (χ2v) is 5.02. The van der Waals surface area contributed by atoms with Crippen molar-refractivity contribution in [2.24, 2.45) is 0 Å². The van der Waals surface area contributed by atoms with Crippen molar-refractivity contribution < 1.29 is 9.53 Å². The summed E-state index contributed by atoms with van der Waals surface area (Å²) in [7, 11) is 0. The van der Waals surface area contributed by atoms with Gasteiger partial charge < -0.3 is 4.74 Å². The molecule has 0 aromatic carbocycles. The van der Waals surface area contributed by atoms with Gasteiger partial charge in [0.25, 0.3) is 0 Å². The number of aromatic amines is 1. The third kappa shape index (κ3) is 2.55. The van der Waals surface area contributed by atoms with Gasteiger partial charge in [-0.05, 0) is 20.8 Å². The molecule has 1 aliphatic heterocycles. The Hall–Kier alpha value is -1.63. The van der Waals surface area contributed by atoms with Crippen LogP contribution in [0.3, 0.4) is 0 Å². The molecular weight excluding hydrogens is 224 g/mol. The van der Waals surface area contributed by atoms with E-state index < -0.39 is 11.6 Å². The summed E-state index contributed by atoms with van der Waals surface area (Å²) in [5.74, 6) is 0.256. The molecule has 1 aromatic rings. The Morgan fingerprint density at radius 1 is 1.53 bits per heavy atom. The van der Waals surface area contributed by atoms with Gasteiger partial charge in [0.15, 0.2) is 0 Å². The van der Waals surface area contributed by atoms with Gasteiger partial charge in [0.2, 0.25) is 0 Å². The molecule has 94 valence electrons. The van der Waals surface area contributed by atoms with Crippen LogP contribution in [0.25, 0.3) is 0 Å². The van der Waals surface area contributed by atoms with E-state index >= 15 is 0 Å². The zero-order valence-electron chi connectivity index (χ0n) is 10.1. The quantitative estimate of drug-likeness (QED) is 0.639. The smallest absolute Gasteiger partial charge is 0.343 e. The third-order valence-electron chi connectivity index (χ3n) is 2.40. The Bertz CT molecular complexity index is 482. The molecule has 0 aliphatic carbocycles. The Balaban J connectivity index is 2.10. The van der Waals surface area contributed by atoms with Crippen LogP contribution < -0.4 is 11.0 Å². The largest absolute Gasteiger partial charge is 0.459 e. The monoisotopic (exact) mass is 240 g/mol. The van der Waals surface area contributed by atoms with Crippen molar-refractivity contribution in [1.82, 2.24) is 20.1 Å². The summed E-state index contributed by atoms with van der Waals surface area (Å²) in [6, 6.07) is -0.503. The number of esters is 1. The van der Waals surface area contributed by atoms with Gasteiger partial charge in [0, 0.05) is 0 Å². The van der Waals surface area contributed by atoms with Gasteiger partial charge in [-0.15, -0.1) is 0 Å². The average molecular weight is 240 g/mol. The van der Waals surface area contributed by atoms with Crippen molar-refractivity contribution in [3.8, 4) is 0 Å². The highest BCUT2D eigenvalue weighted by atomic mass is 16.6. The summed E-state index contributed by atoms with van der Waals surface area (Å²) < 4.78 is 6.71. The van der Waals surface area contributed by atoms with E-state index in [-0.39, 0.29) is 18.2 Å². The predicted octanol–water partition coefficient (Wildman–Crippen LogP) is -0.615. The van der Waals surface area contributed by atoms with Crippen LogP contribution in [0.2, 0.25) is 0 Å². The maximum Gasteiger partial charge on any atom is 0.343 e. The zero-order valence-corrected chi connectivity index (χ0v) is 10.1. The SMILES string of the molecule is CC(C)(C)OC(=O)[C@@H]1Cn2c(n[nH]c2=O)CN1. The summed E-state index contributed by atoms with van der Waals surface area (Å²) in [4.78, 5) is 23.2. The number of carbonyl (C=O) groups excluding carboxylic acids is 1. The van der Waals surface area contributed by atoms with E-state index in [1.54, 1.807) is 0 Å². The van der Waals surface area contributed by atoms with E-state index in [1.165, 1.54) is 4.57 Å². The standard InChI is InChI=1S/C10H16N4O3/c1-10(2,3)17-8(15)6-5-14-7(4-11-6)12-13-9(14)16/h6,11H,4-5H2,1-3H3,(H,13,16)/t6-/m0/s1. The van der Waals surface area contributed by atoms with Crippen molar-refractivity contribution in [1.29, 1.82) is 0 Å². The maximum atomic E-state index is 11.8. The Kier molecular flexibility index (Phi) is 2.78. The highest BCUT2D eigenvalue weighted by molar-refractivity contribution is 5.76. The second kappa shape index (κ2) is 3.99. The van der Waals surface area contributed by atoms with Crippen molar-refractivity contribution >= 4 is 5.97 Å². The lowest BCUT2D eigenvalue weighted by molar-refractivity contribution is -0.158. The molecule has 0 unspecified atom stereocenters. The van der Waals surface area contributed by atoms with Crippen LogP contribution in [-0.2, 0) is 22.6 Å². The van der Waals surface area contributed by atoms with Crippen LogP contribution in [0.1, 0.15) is 26.6 Å². The van der Waals surface area contributed by atoms with E-state index in [4.69, 9.17) is 4.74 Å². The second-order valence-electron chi connectivity index (χ2n) is 5.02. The molecular formula is C10H16N4O3. The van der Waals surface area contributed by atoms with Gasteiger partial charge in [-0.1, -0.05) is 0 Å². The Morgan fingerprint density at radius 3 is 2.88 bits per heavy atom. The number of hydrogen-bond donors (Lipinski definition) is 2. The van der Waals surface area contributed by atoms with Crippen molar-refractivity contribution in [3.63, 3.8) is 0 Å². The van der Waals surface area contributed by atoms with Crippen molar-refractivity contribution in [3.05, 3.63) is 16.3 Å². The van der Waals surface area contributed by atoms with Crippen molar-refractivity contribution in [2.75, 3.05) is 0 Å². The first kappa shape index (κ1) is 11.8. The first-order chi connectivity index (χ1) is 7.87. The summed E-state index contributed by atoms with van der Waals surface area (Å²) in [6.45, 7) is 6.05. The molecule has 2 heterocycles. The number of H-pyrrole nitrogens is 1. The molecule has 7 nitrogen and oxygen atoms in total. The van der Waals surface area contributed by atoms with Crippen LogP contribution in [0.5, 0.6) is 0 Å². The van der Waals surface area contributed by atoms with Crippen molar-refractivity contribution in [2.45, 2.75) is 45.5 Å². The molecule has 2 rings (SSSR count). The molecule has 1 aliphatic rings. The Labute approximate surface area is 98.2 Å². The molecule has 0 fully saturated rings. The number of aromatic nitrogens is 3. The number of nitrogens with one attached hydrogen (secondary N) is 2.